The SMILES string of the molecule is Cc1cc2c3c(ncnn13)NN(C)C2. The van der Waals surface area contributed by atoms with Crippen molar-refractivity contribution in [3.05, 3.63) is 23.7 Å². The van der Waals surface area contributed by atoms with Gasteiger partial charge in [0.2, 0.25) is 0 Å². The van der Waals surface area contributed by atoms with E-state index in [-0.39, 0.29) is 0 Å². The first-order chi connectivity index (χ1) is 6.75. The van der Waals surface area contributed by atoms with Crippen molar-refractivity contribution in [3.63, 3.8) is 0 Å². The van der Waals surface area contributed by atoms with Gasteiger partial charge in [-0.3, -0.25) is 0 Å². The van der Waals surface area contributed by atoms with Crippen LogP contribution in [0.1, 0.15) is 11.3 Å². The highest BCUT2D eigenvalue weighted by Gasteiger charge is 2.19. The second kappa shape index (κ2) is 2.45. The number of hydrogen-bond donors (Lipinski definition) is 1. The third kappa shape index (κ3) is 0.871. The molecule has 1 aliphatic heterocycles. The summed E-state index contributed by atoms with van der Waals surface area (Å²) in [6, 6.07) is 2.16. The van der Waals surface area contributed by atoms with E-state index < -0.39 is 0 Å². The molecule has 14 heavy (non-hydrogen) atoms. The summed E-state index contributed by atoms with van der Waals surface area (Å²) in [5, 5.41) is 6.23. The highest BCUT2D eigenvalue weighted by molar-refractivity contribution is 5.74. The minimum absolute atomic E-state index is 0.886. The summed E-state index contributed by atoms with van der Waals surface area (Å²) in [5.41, 5.74) is 6.72. The molecule has 5 nitrogen and oxygen atoms in total. The van der Waals surface area contributed by atoms with Crippen LogP contribution in [-0.2, 0) is 6.54 Å². The third-order valence-corrected chi connectivity index (χ3v) is 2.52. The van der Waals surface area contributed by atoms with E-state index in [1.54, 1.807) is 6.33 Å². The second-order valence-electron chi connectivity index (χ2n) is 3.65. The molecule has 0 amide bonds. The van der Waals surface area contributed by atoms with E-state index in [9.17, 15) is 0 Å². The van der Waals surface area contributed by atoms with Crippen LogP contribution in [0.15, 0.2) is 12.4 Å². The van der Waals surface area contributed by atoms with Crippen LogP contribution in [-0.4, -0.2) is 26.7 Å². The maximum atomic E-state index is 4.22. The lowest BCUT2D eigenvalue weighted by atomic mass is 10.2. The van der Waals surface area contributed by atoms with Crippen LogP contribution < -0.4 is 5.43 Å². The fourth-order valence-electron chi connectivity index (χ4n) is 1.97. The molecule has 0 fully saturated rings. The molecule has 2 aromatic rings. The molecule has 72 valence electrons. The van der Waals surface area contributed by atoms with Crippen LogP contribution in [0.25, 0.3) is 5.52 Å². The van der Waals surface area contributed by atoms with Crippen LogP contribution in [0.5, 0.6) is 0 Å². The monoisotopic (exact) mass is 189 g/mol. The average molecular weight is 189 g/mol. The first kappa shape index (κ1) is 7.75. The number of nitrogens with one attached hydrogen (secondary N) is 1. The molecular formula is C9H11N5. The standard InChI is InChI=1S/C9H11N5/c1-6-3-7-4-13(2)12-9-8(7)14(6)11-5-10-9/h3,5H,4H2,1-2H3,(H,10,11,12). The Balaban J connectivity index is 2.41. The van der Waals surface area contributed by atoms with Gasteiger partial charge in [-0.2, -0.15) is 5.10 Å². The van der Waals surface area contributed by atoms with Crippen molar-refractivity contribution in [2.45, 2.75) is 13.5 Å². The van der Waals surface area contributed by atoms with E-state index in [0.29, 0.717) is 0 Å². The topological polar surface area (TPSA) is 45.5 Å². The number of aromatic nitrogens is 3. The predicted molar refractivity (Wildman–Crippen MR) is 52.8 cm³/mol. The molecule has 1 N–H and O–H groups in total. The van der Waals surface area contributed by atoms with E-state index in [2.05, 4.69) is 28.5 Å². The molecule has 0 saturated carbocycles. The first-order valence-corrected chi connectivity index (χ1v) is 4.56. The van der Waals surface area contributed by atoms with E-state index in [1.807, 2.05) is 16.6 Å². The van der Waals surface area contributed by atoms with Gasteiger partial charge in [0.15, 0.2) is 5.82 Å². The molecule has 0 unspecified atom stereocenters. The van der Waals surface area contributed by atoms with Gasteiger partial charge in [0.25, 0.3) is 0 Å². The zero-order chi connectivity index (χ0) is 9.71. The molecule has 3 heterocycles. The molecule has 0 saturated heterocycles. The summed E-state index contributed by atoms with van der Waals surface area (Å²) >= 11 is 0. The van der Waals surface area contributed by atoms with Gasteiger partial charge in [-0.15, -0.1) is 0 Å². The molecular weight excluding hydrogens is 178 g/mol. The lowest BCUT2D eigenvalue weighted by molar-refractivity contribution is 0.388. The largest absolute Gasteiger partial charge is 0.301 e. The van der Waals surface area contributed by atoms with Gasteiger partial charge in [0.1, 0.15) is 11.8 Å². The molecule has 3 rings (SSSR count). The zero-order valence-electron chi connectivity index (χ0n) is 8.15. The fourth-order valence-corrected chi connectivity index (χ4v) is 1.97. The smallest absolute Gasteiger partial charge is 0.168 e. The Labute approximate surface area is 81.3 Å². The lowest BCUT2D eigenvalue weighted by Crippen LogP contribution is -2.29. The van der Waals surface area contributed by atoms with Crippen molar-refractivity contribution in [1.29, 1.82) is 0 Å². The fraction of sp³-hybridized carbons (Fsp3) is 0.333. The minimum atomic E-state index is 0.886. The van der Waals surface area contributed by atoms with E-state index in [4.69, 9.17) is 0 Å². The van der Waals surface area contributed by atoms with Crippen molar-refractivity contribution in [1.82, 2.24) is 19.6 Å². The minimum Gasteiger partial charge on any atom is -0.301 e. The normalized spacial score (nSPS) is 15.9. The predicted octanol–water partition coefficient (Wildman–Crippen LogP) is 0.810. The number of hydrazine groups is 1. The summed E-state index contributed by atoms with van der Waals surface area (Å²) < 4.78 is 1.93. The maximum absolute atomic E-state index is 4.22. The summed E-state index contributed by atoms with van der Waals surface area (Å²) in [5.74, 6) is 0.886. The van der Waals surface area contributed by atoms with Gasteiger partial charge in [-0.05, 0) is 18.6 Å². The highest BCUT2D eigenvalue weighted by atomic mass is 15.5. The van der Waals surface area contributed by atoms with Gasteiger partial charge in [0, 0.05) is 19.3 Å². The molecule has 0 atom stereocenters. The van der Waals surface area contributed by atoms with Crippen molar-refractivity contribution in [2.75, 3.05) is 12.5 Å². The lowest BCUT2D eigenvalue weighted by Gasteiger charge is -2.23. The van der Waals surface area contributed by atoms with Crippen LogP contribution in [0.4, 0.5) is 5.82 Å². The van der Waals surface area contributed by atoms with Gasteiger partial charge in [-0.25, -0.2) is 14.5 Å². The molecule has 2 aromatic heterocycles. The van der Waals surface area contributed by atoms with E-state index >= 15 is 0 Å². The Kier molecular flexibility index (Phi) is 1.36. The zero-order valence-corrected chi connectivity index (χ0v) is 8.15. The number of anilines is 1. The molecule has 0 aromatic carbocycles. The average Bonchev–Trinajstić information content (AvgIpc) is 2.45. The van der Waals surface area contributed by atoms with Crippen LogP contribution >= 0.6 is 0 Å². The van der Waals surface area contributed by atoms with E-state index in [1.165, 1.54) is 5.56 Å². The third-order valence-electron chi connectivity index (χ3n) is 2.52. The summed E-state index contributed by atoms with van der Waals surface area (Å²) in [6.45, 7) is 2.94. The molecule has 5 heteroatoms. The number of hydrogen-bond acceptors (Lipinski definition) is 4. The van der Waals surface area contributed by atoms with Gasteiger partial charge < -0.3 is 5.43 Å². The van der Waals surface area contributed by atoms with Gasteiger partial charge >= 0.3 is 0 Å². The molecule has 0 aliphatic carbocycles. The Morgan fingerprint density at radius 1 is 1.50 bits per heavy atom. The summed E-state index contributed by atoms with van der Waals surface area (Å²) in [4.78, 5) is 4.22. The Bertz CT molecular complexity index is 501. The molecule has 1 aliphatic rings. The molecule has 0 bridgehead atoms. The van der Waals surface area contributed by atoms with Crippen molar-refractivity contribution in [2.24, 2.45) is 0 Å². The number of rotatable bonds is 0. The first-order valence-electron chi connectivity index (χ1n) is 4.56. The Morgan fingerprint density at radius 3 is 3.21 bits per heavy atom. The van der Waals surface area contributed by atoms with Crippen LogP contribution in [0, 0.1) is 6.92 Å². The molecule has 0 radical (unpaired) electrons. The van der Waals surface area contributed by atoms with Crippen molar-refractivity contribution in [3.8, 4) is 0 Å². The summed E-state index contributed by atoms with van der Waals surface area (Å²) in [6.07, 6.45) is 1.57. The Morgan fingerprint density at radius 2 is 2.36 bits per heavy atom. The second-order valence-corrected chi connectivity index (χ2v) is 3.65. The number of aryl methyl sites for hydroxylation is 1. The van der Waals surface area contributed by atoms with Crippen LogP contribution in [0.2, 0.25) is 0 Å². The van der Waals surface area contributed by atoms with Gasteiger partial charge in [0.05, 0.1) is 0 Å². The maximum Gasteiger partial charge on any atom is 0.168 e. The highest BCUT2D eigenvalue weighted by Crippen LogP contribution is 2.26. The quantitative estimate of drug-likeness (QED) is 0.666. The van der Waals surface area contributed by atoms with Crippen molar-refractivity contribution >= 4 is 11.3 Å². The van der Waals surface area contributed by atoms with E-state index in [0.717, 1.165) is 23.6 Å². The Hall–Kier alpha value is -1.62. The van der Waals surface area contributed by atoms with Crippen LogP contribution in [0.3, 0.4) is 0 Å². The summed E-state index contributed by atoms with van der Waals surface area (Å²) in [7, 11) is 2.00. The number of nitrogens with zero attached hydrogens (tertiary/aromatic N) is 4. The van der Waals surface area contributed by atoms with Gasteiger partial charge in [-0.1, -0.05) is 0 Å². The molecule has 0 spiro atoms. The van der Waals surface area contributed by atoms with Crippen molar-refractivity contribution < 1.29 is 0 Å².